The number of nitrogens with one attached hydrogen (secondary N) is 1. The summed E-state index contributed by atoms with van der Waals surface area (Å²) in [5, 5.41) is 3.43. The standard InChI is InChI=1S/C19H24FN.ClH/c1-19(2,3)17-8-4-16(5-9-17)14-21-13-12-15-6-10-18(20)11-7-15;/h4-11,21H,12-14H2,1-3H3;1H. The summed E-state index contributed by atoms with van der Waals surface area (Å²) in [4.78, 5) is 0. The summed E-state index contributed by atoms with van der Waals surface area (Å²) in [6.07, 6.45) is 0.917. The first-order chi connectivity index (χ1) is 9.95. The molecule has 0 aliphatic carbocycles. The van der Waals surface area contributed by atoms with Crippen LogP contribution in [0.5, 0.6) is 0 Å². The number of benzene rings is 2. The van der Waals surface area contributed by atoms with Crippen LogP contribution in [0.1, 0.15) is 37.5 Å². The molecule has 1 N–H and O–H groups in total. The molecule has 0 aromatic heterocycles. The van der Waals surface area contributed by atoms with Gasteiger partial charge in [0.1, 0.15) is 5.82 Å². The summed E-state index contributed by atoms with van der Waals surface area (Å²) in [7, 11) is 0. The highest BCUT2D eigenvalue weighted by atomic mass is 35.5. The third-order valence-corrected chi connectivity index (χ3v) is 3.65. The van der Waals surface area contributed by atoms with Crippen LogP contribution in [0.2, 0.25) is 0 Å². The van der Waals surface area contributed by atoms with Crippen LogP contribution in [0.4, 0.5) is 4.39 Å². The minimum absolute atomic E-state index is 0. The van der Waals surface area contributed by atoms with Crippen molar-refractivity contribution in [1.82, 2.24) is 5.32 Å². The second-order valence-electron chi connectivity index (χ2n) is 6.50. The zero-order valence-electron chi connectivity index (χ0n) is 13.5. The Morgan fingerprint density at radius 2 is 1.41 bits per heavy atom. The van der Waals surface area contributed by atoms with Gasteiger partial charge < -0.3 is 5.32 Å². The SMILES string of the molecule is CC(C)(C)c1ccc(CNCCc2ccc(F)cc2)cc1.Cl. The van der Waals surface area contributed by atoms with Crippen molar-refractivity contribution in [2.75, 3.05) is 6.54 Å². The maximum absolute atomic E-state index is 12.8. The van der Waals surface area contributed by atoms with E-state index in [1.807, 2.05) is 12.1 Å². The van der Waals surface area contributed by atoms with Crippen molar-refractivity contribution in [2.45, 2.75) is 39.2 Å². The van der Waals surface area contributed by atoms with Crippen molar-refractivity contribution in [3.63, 3.8) is 0 Å². The summed E-state index contributed by atoms with van der Waals surface area (Å²) >= 11 is 0. The Morgan fingerprint density at radius 3 is 1.95 bits per heavy atom. The monoisotopic (exact) mass is 321 g/mol. The minimum Gasteiger partial charge on any atom is -0.312 e. The van der Waals surface area contributed by atoms with E-state index in [4.69, 9.17) is 0 Å². The van der Waals surface area contributed by atoms with Crippen LogP contribution in [-0.2, 0) is 18.4 Å². The molecule has 2 aromatic rings. The normalized spacial score (nSPS) is 11.1. The van der Waals surface area contributed by atoms with E-state index < -0.39 is 0 Å². The van der Waals surface area contributed by atoms with E-state index >= 15 is 0 Å². The molecule has 0 unspecified atom stereocenters. The van der Waals surface area contributed by atoms with E-state index in [2.05, 4.69) is 50.4 Å². The number of halogens is 2. The van der Waals surface area contributed by atoms with Crippen LogP contribution in [-0.4, -0.2) is 6.54 Å². The van der Waals surface area contributed by atoms with Gasteiger partial charge in [0, 0.05) is 6.54 Å². The third kappa shape index (κ3) is 5.78. The molecule has 0 saturated heterocycles. The van der Waals surface area contributed by atoms with Crippen molar-refractivity contribution in [1.29, 1.82) is 0 Å². The lowest BCUT2D eigenvalue weighted by Crippen LogP contribution is -2.17. The highest BCUT2D eigenvalue weighted by Crippen LogP contribution is 2.22. The Bertz CT molecular complexity index is 555. The van der Waals surface area contributed by atoms with Crippen LogP contribution in [0, 0.1) is 5.82 Å². The van der Waals surface area contributed by atoms with E-state index in [0.717, 1.165) is 25.1 Å². The quantitative estimate of drug-likeness (QED) is 0.774. The highest BCUT2D eigenvalue weighted by molar-refractivity contribution is 5.85. The molecule has 0 heterocycles. The first kappa shape index (κ1) is 18.7. The van der Waals surface area contributed by atoms with E-state index in [1.54, 1.807) is 0 Å². The van der Waals surface area contributed by atoms with Gasteiger partial charge in [-0.05, 0) is 47.2 Å². The average molecular weight is 322 g/mol. The Labute approximate surface area is 139 Å². The minimum atomic E-state index is -0.175. The van der Waals surface area contributed by atoms with Crippen molar-refractivity contribution < 1.29 is 4.39 Å². The number of hydrogen-bond donors (Lipinski definition) is 1. The lowest BCUT2D eigenvalue weighted by Gasteiger charge is -2.19. The molecule has 0 atom stereocenters. The fourth-order valence-corrected chi connectivity index (χ4v) is 2.24. The summed E-state index contributed by atoms with van der Waals surface area (Å²) in [6.45, 7) is 8.44. The van der Waals surface area contributed by atoms with Crippen LogP contribution in [0.25, 0.3) is 0 Å². The first-order valence-corrected chi connectivity index (χ1v) is 7.50. The van der Waals surface area contributed by atoms with Crippen molar-refractivity contribution in [3.8, 4) is 0 Å². The van der Waals surface area contributed by atoms with E-state index in [1.165, 1.54) is 23.3 Å². The average Bonchev–Trinajstić information content (AvgIpc) is 2.45. The maximum atomic E-state index is 12.8. The molecule has 3 heteroatoms. The maximum Gasteiger partial charge on any atom is 0.123 e. The van der Waals surface area contributed by atoms with Crippen molar-refractivity contribution in [2.24, 2.45) is 0 Å². The molecular weight excluding hydrogens is 297 g/mol. The van der Waals surface area contributed by atoms with E-state index in [-0.39, 0.29) is 23.6 Å². The summed E-state index contributed by atoms with van der Waals surface area (Å²) in [6, 6.07) is 15.5. The fraction of sp³-hybridized carbons (Fsp3) is 0.368. The van der Waals surface area contributed by atoms with Gasteiger partial charge >= 0.3 is 0 Å². The number of rotatable bonds is 5. The van der Waals surface area contributed by atoms with Crippen LogP contribution < -0.4 is 5.32 Å². The number of hydrogen-bond acceptors (Lipinski definition) is 1. The molecule has 0 fully saturated rings. The van der Waals surface area contributed by atoms with Crippen LogP contribution in [0.15, 0.2) is 48.5 Å². The Kier molecular flexibility index (Phi) is 7.05. The highest BCUT2D eigenvalue weighted by Gasteiger charge is 2.12. The first-order valence-electron chi connectivity index (χ1n) is 7.50. The Balaban J connectivity index is 0.00000242. The van der Waals surface area contributed by atoms with Crippen LogP contribution >= 0.6 is 12.4 Å². The predicted octanol–water partition coefficient (Wildman–Crippen LogP) is 4.88. The predicted molar refractivity (Wildman–Crippen MR) is 94.2 cm³/mol. The summed E-state index contributed by atoms with van der Waals surface area (Å²) in [5.41, 5.74) is 4.01. The second-order valence-corrected chi connectivity index (χ2v) is 6.50. The van der Waals surface area contributed by atoms with Gasteiger partial charge in [0.05, 0.1) is 0 Å². The van der Waals surface area contributed by atoms with E-state index in [9.17, 15) is 4.39 Å². The lowest BCUT2D eigenvalue weighted by molar-refractivity contribution is 0.589. The van der Waals surface area contributed by atoms with Gasteiger partial charge in [0.25, 0.3) is 0 Å². The molecular formula is C19H25ClFN. The van der Waals surface area contributed by atoms with Gasteiger partial charge in [-0.3, -0.25) is 0 Å². The van der Waals surface area contributed by atoms with Crippen LogP contribution in [0.3, 0.4) is 0 Å². The Morgan fingerprint density at radius 1 is 0.864 bits per heavy atom. The van der Waals surface area contributed by atoms with Crippen molar-refractivity contribution in [3.05, 3.63) is 71.0 Å². The molecule has 0 saturated carbocycles. The zero-order valence-corrected chi connectivity index (χ0v) is 14.3. The molecule has 0 spiro atoms. The largest absolute Gasteiger partial charge is 0.312 e. The van der Waals surface area contributed by atoms with Crippen molar-refractivity contribution >= 4 is 12.4 Å². The third-order valence-electron chi connectivity index (χ3n) is 3.65. The Hall–Kier alpha value is -1.38. The molecule has 0 aliphatic rings. The van der Waals surface area contributed by atoms with Gasteiger partial charge in [0.15, 0.2) is 0 Å². The lowest BCUT2D eigenvalue weighted by atomic mass is 9.87. The fourth-order valence-electron chi connectivity index (χ4n) is 2.24. The second kappa shape index (κ2) is 8.30. The smallest absolute Gasteiger partial charge is 0.123 e. The molecule has 1 nitrogen and oxygen atoms in total. The molecule has 0 amide bonds. The molecule has 120 valence electrons. The molecule has 0 bridgehead atoms. The zero-order chi connectivity index (χ0) is 15.3. The molecule has 2 rings (SSSR count). The van der Waals surface area contributed by atoms with Gasteiger partial charge in [-0.1, -0.05) is 57.2 Å². The topological polar surface area (TPSA) is 12.0 Å². The molecule has 2 aromatic carbocycles. The molecule has 0 aliphatic heterocycles. The summed E-state index contributed by atoms with van der Waals surface area (Å²) < 4.78 is 12.8. The van der Waals surface area contributed by atoms with E-state index in [0.29, 0.717) is 0 Å². The van der Waals surface area contributed by atoms with Gasteiger partial charge in [-0.25, -0.2) is 4.39 Å². The summed E-state index contributed by atoms with van der Waals surface area (Å²) in [5.74, 6) is -0.175. The van der Waals surface area contributed by atoms with Gasteiger partial charge in [0.2, 0.25) is 0 Å². The van der Waals surface area contributed by atoms with Gasteiger partial charge in [-0.15, -0.1) is 12.4 Å². The van der Waals surface area contributed by atoms with Gasteiger partial charge in [-0.2, -0.15) is 0 Å². The molecule has 0 radical (unpaired) electrons. The molecule has 22 heavy (non-hydrogen) atoms.